The first-order valence-electron chi connectivity index (χ1n) is 8.53. The highest BCUT2D eigenvalue weighted by molar-refractivity contribution is 5.94. The summed E-state index contributed by atoms with van der Waals surface area (Å²) in [6.45, 7) is 1.26. The smallest absolute Gasteiger partial charge is 0.255 e. The standard InChI is InChI=1S/C21H18FN3O/c22-18-4-1-5-19(12-18)24-20-7-6-17-14-25(10-8-15(17)11-20)21(26)16-3-2-9-23-13-16/h1-7,9,11-13,24H,8,10,14H2. The van der Waals surface area contributed by atoms with Crippen LogP contribution in [0.15, 0.2) is 67.0 Å². The molecule has 3 aromatic rings. The van der Waals surface area contributed by atoms with Gasteiger partial charge in [0.1, 0.15) is 5.82 Å². The summed E-state index contributed by atoms with van der Waals surface area (Å²) in [5.74, 6) is -0.261. The van der Waals surface area contributed by atoms with E-state index >= 15 is 0 Å². The molecule has 0 fully saturated rings. The molecule has 0 saturated carbocycles. The van der Waals surface area contributed by atoms with Crippen LogP contribution in [0.4, 0.5) is 15.8 Å². The van der Waals surface area contributed by atoms with E-state index in [-0.39, 0.29) is 11.7 Å². The number of hydrogen-bond donors (Lipinski definition) is 1. The number of benzene rings is 2. The zero-order valence-electron chi connectivity index (χ0n) is 14.2. The van der Waals surface area contributed by atoms with Crippen molar-refractivity contribution < 1.29 is 9.18 Å². The quantitative estimate of drug-likeness (QED) is 0.774. The van der Waals surface area contributed by atoms with Crippen molar-refractivity contribution in [3.05, 3.63) is 89.5 Å². The van der Waals surface area contributed by atoms with Gasteiger partial charge in [0, 0.05) is 36.9 Å². The van der Waals surface area contributed by atoms with Gasteiger partial charge in [-0.2, -0.15) is 0 Å². The highest BCUT2D eigenvalue weighted by atomic mass is 19.1. The lowest BCUT2D eigenvalue weighted by molar-refractivity contribution is 0.0734. The molecule has 0 saturated heterocycles. The van der Waals surface area contributed by atoms with Crippen LogP contribution in [0.5, 0.6) is 0 Å². The van der Waals surface area contributed by atoms with Gasteiger partial charge in [0.2, 0.25) is 0 Å². The zero-order chi connectivity index (χ0) is 17.9. The fourth-order valence-electron chi connectivity index (χ4n) is 3.21. The van der Waals surface area contributed by atoms with Crippen molar-refractivity contribution in [3.63, 3.8) is 0 Å². The molecule has 130 valence electrons. The molecule has 1 N–H and O–H groups in total. The topological polar surface area (TPSA) is 45.2 Å². The zero-order valence-corrected chi connectivity index (χ0v) is 14.2. The van der Waals surface area contributed by atoms with Gasteiger partial charge in [-0.25, -0.2) is 4.39 Å². The first kappa shape index (κ1) is 16.3. The number of fused-ring (bicyclic) bond motifs is 1. The normalized spacial score (nSPS) is 13.2. The fourth-order valence-corrected chi connectivity index (χ4v) is 3.21. The second-order valence-corrected chi connectivity index (χ2v) is 6.34. The Morgan fingerprint density at radius 3 is 2.73 bits per heavy atom. The number of carbonyl (C=O) groups is 1. The molecule has 0 bridgehead atoms. The lowest BCUT2D eigenvalue weighted by Crippen LogP contribution is -2.36. The number of nitrogens with zero attached hydrogens (tertiary/aromatic N) is 2. The van der Waals surface area contributed by atoms with Gasteiger partial charge >= 0.3 is 0 Å². The molecule has 0 radical (unpaired) electrons. The van der Waals surface area contributed by atoms with Crippen molar-refractivity contribution >= 4 is 17.3 Å². The van der Waals surface area contributed by atoms with Gasteiger partial charge in [-0.05, 0) is 60.0 Å². The van der Waals surface area contributed by atoms with Crippen molar-refractivity contribution in [2.75, 3.05) is 11.9 Å². The molecule has 4 rings (SSSR count). The molecular weight excluding hydrogens is 329 g/mol. The Kier molecular flexibility index (Phi) is 4.35. The molecule has 0 aliphatic carbocycles. The number of anilines is 2. The molecule has 1 aliphatic heterocycles. The molecular formula is C21H18FN3O. The summed E-state index contributed by atoms with van der Waals surface area (Å²) >= 11 is 0. The largest absolute Gasteiger partial charge is 0.355 e. The molecule has 2 aromatic carbocycles. The second kappa shape index (κ2) is 6.96. The van der Waals surface area contributed by atoms with Gasteiger partial charge in [-0.1, -0.05) is 12.1 Å². The molecule has 1 aromatic heterocycles. The third-order valence-electron chi connectivity index (χ3n) is 4.53. The Morgan fingerprint density at radius 1 is 1.04 bits per heavy atom. The maximum atomic E-state index is 13.3. The van der Waals surface area contributed by atoms with Crippen LogP contribution in [0, 0.1) is 5.82 Å². The van der Waals surface area contributed by atoms with Gasteiger partial charge < -0.3 is 10.2 Å². The summed E-state index contributed by atoms with van der Waals surface area (Å²) in [7, 11) is 0. The van der Waals surface area contributed by atoms with E-state index in [1.54, 1.807) is 30.6 Å². The minimum atomic E-state index is -0.266. The first-order valence-corrected chi connectivity index (χ1v) is 8.53. The Balaban J connectivity index is 1.50. The third-order valence-corrected chi connectivity index (χ3v) is 4.53. The van der Waals surface area contributed by atoms with Crippen molar-refractivity contribution in [3.8, 4) is 0 Å². The number of pyridine rings is 1. The minimum absolute atomic E-state index is 0.00529. The number of hydrogen-bond acceptors (Lipinski definition) is 3. The van der Waals surface area contributed by atoms with Gasteiger partial charge in [0.05, 0.1) is 5.56 Å². The Bertz CT molecular complexity index is 943. The number of carbonyl (C=O) groups excluding carboxylic acids is 1. The van der Waals surface area contributed by atoms with Gasteiger partial charge in [-0.3, -0.25) is 9.78 Å². The third kappa shape index (κ3) is 3.42. The average molecular weight is 347 g/mol. The van der Waals surface area contributed by atoms with Crippen molar-refractivity contribution in [2.45, 2.75) is 13.0 Å². The van der Waals surface area contributed by atoms with Crippen LogP contribution in [-0.4, -0.2) is 22.3 Å². The first-order chi connectivity index (χ1) is 12.7. The molecule has 1 amide bonds. The molecule has 26 heavy (non-hydrogen) atoms. The van der Waals surface area contributed by atoms with E-state index in [0.717, 1.165) is 17.7 Å². The summed E-state index contributed by atoms with van der Waals surface area (Å²) in [6.07, 6.45) is 4.05. The van der Waals surface area contributed by atoms with Gasteiger partial charge in [0.25, 0.3) is 5.91 Å². The van der Waals surface area contributed by atoms with Crippen molar-refractivity contribution in [2.24, 2.45) is 0 Å². The van der Waals surface area contributed by atoms with E-state index in [0.29, 0.717) is 24.3 Å². The Hall–Kier alpha value is -3.21. The van der Waals surface area contributed by atoms with Crippen molar-refractivity contribution in [1.29, 1.82) is 0 Å². The Morgan fingerprint density at radius 2 is 1.92 bits per heavy atom. The second-order valence-electron chi connectivity index (χ2n) is 6.34. The predicted octanol–water partition coefficient (Wildman–Crippen LogP) is 4.16. The molecule has 0 unspecified atom stereocenters. The number of aromatic nitrogens is 1. The van der Waals surface area contributed by atoms with Crippen molar-refractivity contribution in [1.82, 2.24) is 9.88 Å². The molecule has 0 atom stereocenters. The van der Waals surface area contributed by atoms with Gasteiger partial charge in [-0.15, -0.1) is 0 Å². The van der Waals surface area contributed by atoms with E-state index < -0.39 is 0 Å². The summed E-state index contributed by atoms with van der Waals surface area (Å²) in [5, 5.41) is 3.23. The maximum absolute atomic E-state index is 13.3. The van der Waals surface area contributed by atoms with Crippen LogP contribution in [0.3, 0.4) is 0 Å². The molecule has 0 spiro atoms. The maximum Gasteiger partial charge on any atom is 0.255 e. The predicted molar refractivity (Wildman–Crippen MR) is 98.8 cm³/mol. The SMILES string of the molecule is O=C(c1cccnc1)N1CCc2cc(Nc3cccc(F)c3)ccc2C1. The number of nitrogens with one attached hydrogen (secondary N) is 1. The molecule has 5 heteroatoms. The summed E-state index contributed by atoms with van der Waals surface area (Å²) in [6, 6.07) is 16.0. The number of amides is 1. The summed E-state index contributed by atoms with van der Waals surface area (Å²) in [5.41, 5.74) is 4.59. The number of rotatable bonds is 3. The van der Waals surface area contributed by atoms with E-state index in [4.69, 9.17) is 0 Å². The summed E-state index contributed by atoms with van der Waals surface area (Å²) < 4.78 is 13.3. The van der Waals surface area contributed by atoms with E-state index in [2.05, 4.69) is 16.4 Å². The van der Waals surface area contributed by atoms with E-state index in [9.17, 15) is 9.18 Å². The fraction of sp³-hybridized carbons (Fsp3) is 0.143. The Labute approximate surface area is 151 Å². The molecule has 1 aliphatic rings. The number of halogens is 1. The minimum Gasteiger partial charge on any atom is -0.355 e. The molecule has 2 heterocycles. The summed E-state index contributed by atoms with van der Waals surface area (Å²) in [4.78, 5) is 18.5. The highest BCUT2D eigenvalue weighted by Crippen LogP contribution is 2.25. The molecule has 4 nitrogen and oxygen atoms in total. The lowest BCUT2D eigenvalue weighted by Gasteiger charge is -2.29. The monoisotopic (exact) mass is 347 g/mol. The van der Waals surface area contributed by atoms with Crippen LogP contribution in [0.1, 0.15) is 21.5 Å². The highest BCUT2D eigenvalue weighted by Gasteiger charge is 2.22. The van der Waals surface area contributed by atoms with Crippen LogP contribution < -0.4 is 5.32 Å². The van der Waals surface area contributed by atoms with Crippen LogP contribution in [0.25, 0.3) is 0 Å². The van der Waals surface area contributed by atoms with E-state index in [1.807, 2.05) is 23.1 Å². The van der Waals surface area contributed by atoms with Crippen LogP contribution in [0.2, 0.25) is 0 Å². The van der Waals surface area contributed by atoms with Crippen LogP contribution in [-0.2, 0) is 13.0 Å². The lowest BCUT2D eigenvalue weighted by atomic mass is 9.98. The van der Waals surface area contributed by atoms with E-state index in [1.165, 1.54) is 17.7 Å². The average Bonchev–Trinajstić information content (AvgIpc) is 2.68. The van der Waals surface area contributed by atoms with Gasteiger partial charge in [0.15, 0.2) is 0 Å². The van der Waals surface area contributed by atoms with Crippen LogP contribution >= 0.6 is 0 Å².